The zero-order valence-electron chi connectivity index (χ0n) is 7.38. The third kappa shape index (κ3) is 2.41. The van der Waals surface area contributed by atoms with Crippen LogP contribution in [0.5, 0.6) is 0 Å². The molecule has 0 fully saturated rings. The SMILES string of the molecule is CC1/C=C/C=C(/N)CCC1C. The Bertz CT molecular complexity index is 179. The van der Waals surface area contributed by atoms with Crippen molar-refractivity contribution in [1.29, 1.82) is 0 Å². The third-order valence-corrected chi connectivity index (χ3v) is 2.51. The summed E-state index contributed by atoms with van der Waals surface area (Å²) >= 11 is 0. The highest BCUT2D eigenvalue weighted by molar-refractivity contribution is 5.12. The fraction of sp³-hybridized carbons (Fsp3) is 0.600. The van der Waals surface area contributed by atoms with Gasteiger partial charge in [0.25, 0.3) is 0 Å². The molecule has 0 heterocycles. The molecule has 0 saturated heterocycles. The van der Waals surface area contributed by atoms with Crippen molar-refractivity contribution in [2.45, 2.75) is 26.7 Å². The van der Waals surface area contributed by atoms with Crippen LogP contribution in [0.3, 0.4) is 0 Å². The molecule has 1 nitrogen and oxygen atoms in total. The van der Waals surface area contributed by atoms with E-state index >= 15 is 0 Å². The summed E-state index contributed by atoms with van der Waals surface area (Å²) in [6.07, 6.45) is 8.60. The lowest BCUT2D eigenvalue weighted by Crippen LogP contribution is -2.09. The molecule has 2 unspecified atom stereocenters. The molecule has 0 aromatic rings. The minimum Gasteiger partial charge on any atom is -0.402 e. The minimum absolute atomic E-state index is 0.694. The van der Waals surface area contributed by atoms with E-state index in [9.17, 15) is 0 Å². The number of hydrogen-bond acceptors (Lipinski definition) is 1. The standard InChI is InChI=1S/C10H17N/c1-8-4-3-5-10(11)7-6-9(8)2/h3-5,8-9H,6-7,11H2,1-2H3/b4-3+,10-5+. The van der Waals surface area contributed by atoms with Crippen LogP contribution in [0.4, 0.5) is 0 Å². The normalized spacial score (nSPS) is 40.0. The predicted molar refractivity (Wildman–Crippen MR) is 49.0 cm³/mol. The van der Waals surface area contributed by atoms with Crippen molar-refractivity contribution in [3.8, 4) is 0 Å². The topological polar surface area (TPSA) is 26.0 Å². The molecule has 0 aliphatic heterocycles. The van der Waals surface area contributed by atoms with Crippen molar-refractivity contribution >= 4 is 0 Å². The van der Waals surface area contributed by atoms with Crippen LogP contribution in [-0.4, -0.2) is 0 Å². The van der Waals surface area contributed by atoms with Crippen molar-refractivity contribution < 1.29 is 0 Å². The first-order valence-electron chi connectivity index (χ1n) is 4.33. The lowest BCUT2D eigenvalue weighted by Gasteiger charge is -2.17. The maximum atomic E-state index is 5.72. The number of hydrogen-bond donors (Lipinski definition) is 1. The van der Waals surface area contributed by atoms with Gasteiger partial charge in [-0.2, -0.15) is 0 Å². The Kier molecular flexibility index (Phi) is 2.75. The first kappa shape index (κ1) is 8.38. The third-order valence-electron chi connectivity index (χ3n) is 2.51. The summed E-state index contributed by atoms with van der Waals surface area (Å²) in [6.45, 7) is 4.55. The average molecular weight is 151 g/mol. The molecule has 11 heavy (non-hydrogen) atoms. The van der Waals surface area contributed by atoms with E-state index in [0.29, 0.717) is 5.92 Å². The van der Waals surface area contributed by atoms with Crippen LogP contribution in [-0.2, 0) is 0 Å². The molecule has 0 spiro atoms. The summed E-state index contributed by atoms with van der Waals surface area (Å²) in [5.41, 5.74) is 6.74. The molecule has 0 bridgehead atoms. The second kappa shape index (κ2) is 3.61. The second-order valence-corrected chi connectivity index (χ2v) is 3.50. The Morgan fingerprint density at radius 3 is 2.91 bits per heavy atom. The second-order valence-electron chi connectivity index (χ2n) is 3.50. The summed E-state index contributed by atoms with van der Waals surface area (Å²) < 4.78 is 0. The molecule has 0 amide bonds. The maximum absolute atomic E-state index is 5.72. The van der Waals surface area contributed by atoms with Crippen LogP contribution in [0.25, 0.3) is 0 Å². The first-order chi connectivity index (χ1) is 5.20. The molecule has 1 aliphatic rings. The Morgan fingerprint density at radius 1 is 1.45 bits per heavy atom. The molecule has 1 aliphatic carbocycles. The molecule has 2 atom stereocenters. The zero-order valence-corrected chi connectivity index (χ0v) is 7.38. The van der Waals surface area contributed by atoms with E-state index in [4.69, 9.17) is 5.73 Å². The van der Waals surface area contributed by atoms with Gasteiger partial charge in [0, 0.05) is 5.70 Å². The highest BCUT2D eigenvalue weighted by Gasteiger charge is 2.10. The molecule has 0 aromatic heterocycles. The smallest absolute Gasteiger partial charge is 0.00804 e. The predicted octanol–water partition coefficient (Wildman–Crippen LogP) is 2.45. The van der Waals surface area contributed by atoms with Gasteiger partial charge in [-0.15, -0.1) is 0 Å². The Hall–Kier alpha value is -0.720. The number of nitrogens with two attached hydrogens (primary N) is 1. The van der Waals surface area contributed by atoms with E-state index in [2.05, 4.69) is 26.0 Å². The van der Waals surface area contributed by atoms with Gasteiger partial charge in [-0.3, -0.25) is 0 Å². The van der Waals surface area contributed by atoms with Crippen molar-refractivity contribution in [3.05, 3.63) is 23.9 Å². The molecule has 2 N–H and O–H groups in total. The fourth-order valence-electron chi connectivity index (χ4n) is 1.28. The van der Waals surface area contributed by atoms with Crippen molar-refractivity contribution in [1.82, 2.24) is 0 Å². The van der Waals surface area contributed by atoms with Gasteiger partial charge in [0.05, 0.1) is 0 Å². The van der Waals surface area contributed by atoms with E-state index < -0.39 is 0 Å². The first-order valence-corrected chi connectivity index (χ1v) is 4.33. The van der Waals surface area contributed by atoms with Crippen LogP contribution >= 0.6 is 0 Å². The summed E-state index contributed by atoms with van der Waals surface area (Å²) in [6, 6.07) is 0. The molecule has 0 saturated carbocycles. The lowest BCUT2D eigenvalue weighted by molar-refractivity contribution is 0.425. The van der Waals surface area contributed by atoms with Gasteiger partial charge in [-0.25, -0.2) is 0 Å². The maximum Gasteiger partial charge on any atom is 0.00804 e. The van der Waals surface area contributed by atoms with Gasteiger partial charge < -0.3 is 5.73 Å². The molecule has 0 radical (unpaired) electrons. The number of rotatable bonds is 0. The summed E-state index contributed by atoms with van der Waals surface area (Å²) in [5, 5.41) is 0. The lowest BCUT2D eigenvalue weighted by atomic mass is 9.89. The van der Waals surface area contributed by atoms with Gasteiger partial charge in [-0.1, -0.05) is 26.0 Å². The van der Waals surface area contributed by atoms with Crippen LogP contribution in [0.15, 0.2) is 23.9 Å². The van der Waals surface area contributed by atoms with E-state index in [1.807, 2.05) is 6.08 Å². The van der Waals surface area contributed by atoms with E-state index in [1.54, 1.807) is 0 Å². The van der Waals surface area contributed by atoms with Crippen LogP contribution in [0.2, 0.25) is 0 Å². The highest BCUT2D eigenvalue weighted by atomic mass is 14.6. The zero-order chi connectivity index (χ0) is 8.27. The Morgan fingerprint density at radius 2 is 2.18 bits per heavy atom. The quantitative estimate of drug-likeness (QED) is 0.565. The summed E-state index contributed by atoms with van der Waals surface area (Å²) in [7, 11) is 0. The molecule has 62 valence electrons. The van der Waals surface area contributed by atoms with Crippen molar-refractivity contribution in [2.75, 3.05) is 0 Å². The van der Waals surface area contributed by atoms with Crippen molar-refractivity contribution in [3.63, 3.8) is 0 Å². The number of allylic oxidation sites excluding steroid dienone is 4. The fourth-order valence-corrected chi connectivity index (χ4v) is 1.28. The van der Waals surface area contributed by atoms with E-state index in [0.717, 1.165) is 18.0 Å². The molecular formula is C10H17N. The van der Waals surface area contributed by atoms with Crippen LogP contribution in [0, 0.1) is 11.8 Å². The van der Waals surface area contributed by atoms with Gasteiger partial charge >= 0.3 is 0 Å². The highest BCUT2D eigenvalue weighted by Crippen LogP contribution is 2.21. The van der Waals surface area contributed by atoms with Crippen LogP contribution < -0.4 is 5.73 Å². The van der Waals surface area contributed by atoms with E-state index in [1.165, 1.54) is 6.42 Å². The van der Waals surface area contributed by atoms with Crippen LogP contribution in [0.1, 0.15) is 26.7 Å². The Labute approximate surface area is 69.0 Å². The Balaban J connectivity index is 2.64. The molecule has 1 rings (SSSR count). The van der Waals surface area contributed by atoms with Gasteiger partial charge in [0.1, 0.15) is 0 Å². The van der Waals surface area contributed by atoms with Gasteiger partial charge in [0.2, 0.25) is 0 Å². The molecule has 1 heteroatoms. The molecular weight excluding hydrogens is 134 g/mol. The van der Waals surface area contributed by atoms with E-state index in [-0.39, 0.29) is 0 Å². The monoisotopic (exact) mass is 151 g/mol. The summed E-state index contributed by atoms with van der Waals surface area (Å²) in [5.74, 6) is 1.46. The summed E-state index contributed by atoms with van der Waals surface area (Å²) in [4.78, 5) is 0. The van der Waals surface area contributed by atoms with Crippen molar-refractivity contribution in [2.24, 2.45) is 17.6 Å². The minimum atomic E-state index is 0.694. The molecule has 0 aromatic carbocycles. The van der Waals surface area contributed by atoms with Gasteiger partial charge in [0.15, 0.2) is 0 Å². The largest absolute Gasteiger partial charge is 0.402 e. The average Bonchev–Trinajstić information content (AvgIpc) is 1.98. The van der Waals surface area contributed by atoms with Gasteiger partial charge in [-0.05, 0) is 30.8 Å².